The summed E-state index contributed by atoms with van der Waals surface area (Å²) in [7, 11) is 0.293. The van der Waals surface area contributed by atoms with Crippen LogP contribution in [0.25, 0.3) is 0 Å². The molecule has 2 heterocycles. The SMILES string of the molecule is CC1CN(S(=O)(=O)c2[nH]ncc2CO)CC1N(C)C. The van der Waals surface area contributed by atoms with E-state index in [4.69, 9.17) is 5.11 Å². The Morgan fingerprint density at radius 2 is 2.21 bits per heavy atom. The van der Waals surface area contributed by atoms with Gasteiger partial charge >= 0.3 is 0 Å². The zero-order valence-electron chi connectivity index (χ0n) is 11.4. The fourth-order valence-electron chi connectivity index (χ4n) is 2.54. The molecule has 1 aliphatic heterocycles. The van der Waals surface area contributed by atoms with E-state index in [2.05, 4.69) is 10.2 Å². The van der Waals surface area contributed by atoms with Gasteiger partial charge in [-0.2, -0.15) is 9.40 Å². The Bertz CT molecular complexity index is 540. The molecule has 108 valence electrons. The minimum absolute atomic E-state index is 0.00149. The lowest BCUT2D eigenvalue weighted by Crippen LogP contribution is -2.36. The van der Waals surface area contributed by atoms with Gasteiger partial charge in [-0.1, -0.05) is 6.92 Å². The van der Waals surface area contributed by atoms with Crippen LogP contribution in [0.4, 0.5) is 0 Å². The van der Waals surface area contributed by atoms with Crippen molar-refractivity contribution in [3.63, 3.8) is 0 Å². The first-order valence-corrected chi connectivity index (χ1v) is 7.61. The Kier molecular flexibility index (Phi) is 3.95. The molecule has 19 heavy (non-hydrogen) atoms. The summed E-state index contributed by atoms with van der Waals surface area (Å²) in [5.41, 5.74) is 0.306. The fraction of sp³-hybridized carbons (Fsp3) is 0.727. The van der Waals surface area contributed by atoms with Crippen molar-refractivity contribution >= 4 is 10.0 Å². The maximum atomic E-state index is 12.5. The standard InChI is InChI=1S/C11H20N4O3S/c1-8-5-15(6-10(8)14(2)3)19(17,18)11-9(7-16)4-12-13-11/h4,8,10,16H,5-7H2,1-3H3,(H,12,13). The first kappa shape index (κ1) is 14.4. The van der Waals surface area contributed by atoms with Crippen LogP contribution in [-0.2, 0) is 16.6 Å². The average molecular weight is 288 g/mol. The number of nitrogens with zero attached hydrogens (tertiary/aromatic N) is 3. The highest BCUT2D eigenvalue weighted by molar-refractivity contribution is 7.89. The first-order chi connectivity index (χ1) is 8.87. The predicted octanol–water partition coefficient (Wildman–Crippen LogP) is -0.527. The van der Waals surface area contributed by atoms with Crippen LogP contribution in [0, 0.1) is 5.92 Å². The minimum Gasteiger partial charge on any atom is -0.392 e. The summed E-state index contributed by atoms with van der Waals surface area (Å²) in [6, 6.07) is 0.204. The Morgan fingerprint density at radius 3 is 2.74 bits per heavy atom. The minimum atomic E-state index is -3.61. The zero-order valence-corrected chi connectivity index (χ0v) is 12.2. The van der Waals surface area contributed by atoms with Crippen LogP contribution in [0.5, 0.6) is 0 Å². The van der Waals surface area contributed by atoms with E-state index in [1.54, 1.807) is 0 Å². The van der Waals surface area contributed by atoms with Crippen molar-refractivity contribution in [2.75, 3.05) is 27.2 Å². The van der Waals surface area contributed by atoms with E-state index in [0.29, 0.717) is 18.7 Å². The number of sulfonamides is 1. The van der Waals surface area contributed by atoms with Crippen molar-refractivity contribution in [3.8, 4) is 0 Å². The van der Waals surface area contributed by atoms with Crippen LogP contribution < -0.4 is 0 Å². The molecule has 0 amide bonds. The molecule has 2 N–H and O–H groups in total. The van der Waals surface area contributed by atoms with Gasteiger partial charge in [-0.05, 0) is 20.0 Å². The van der Waals surface area contributed by atoms with Crippen LogP contribution in [-0.4, -0.2) is 66.2 Å². The monoisotopic (exact) mass is 288 g/mol. The lowest BCUT2D eigenvalue weighted by molar-refractivity contribution is 0.262. The summed E-state index contributed by atoms with van der Waals surface area (Å²) in [6.07, 6.45) is 1.34. The van der Waals surface area contributed by atoms with Gasteiger partial charge in [0.05, 0.1) is 12.8 Å². The maximum Gasteiger partial charge on any atom is 0.260 e. The first-order valence-electron chi connectivity index (χ1n) is 6.17. The van der Waals surface area contributed by atoms with Crippen LogP contribution in [0.15, 0.2) is 11.2 Å². The number of hydrogen-bond acceptors (Lipinski definition) is 5. The largest absolute Gasteiger partial charge is 0.392 e. The highest BCUT2D eigenvalue weighted by atomic mass is 32.2. The van der Waals surface area contributed by atoms with Crippen LogP contribution in [0.2, 0.25) is 0 Å². The number of aromatic amines is 1. The van der Waals surface area contributed by atoms with Gasteiger partial charge in [0.25, 0.3) is 10.0 Å². The molecule has 0 saturated carbocycles. The van der Waals surface area contributed by atoms with E-state index in [-0.39, 0.29) is 23.6 Å². The quantitative estimate of drug-likeness (QED) is 0.777. The second-order valence-electron chi connectivity index (χ2n) is 5.21. The Labute approximate surface area is 113 Å². The van der Waals surface area contributed by atoms with E-state index < -0.39 is 10.0 Å². The van der Waals surface area contributed by atoms with Crippen molar-refractivity contribution in [2.24, 2.45) is 5.92 Å². The molecule has 2 unspecified atom stereocenters. The molecule has 2 atom stereocenters. The van der Waals surface area contributed by atoms with E-state index >= 15 is 0 Å². The second-order valence-corrected chi connectivity index (χ2v) is 7.09. The third-order valence-electron chi connectivity index (χ3n) is 3.65. The lowest BCUT2D eigenvalue weighted by atomic mass is 10.1. The highest BCUT2D eigenvalue weighted by Crippen LogP contribution is 2.26. The van der Waals surface area contributed by atoms with E-state index in [1.807, 2.05) is 25.9 Å². The maximum absolute atomic E-state index is 12.5. The number of nitrogens with one attached hydrogen (secondary N) is 1. The number of aromatic nitrogens is 2. The molecule has 0 spiro atoms. The molecular formula is C11H20N4O3S. The number of aliphatic hydroxyl groups is 1. The highest BCUT2D eigenvalue weighted by Gasteiger charge is 2.39. The van der Waals surface area contributed by atoms with Gasteiger partial charge in [-0.25, -0.2) is 8.42 Å². The summed E-state index contributed by atoms with van der Waals surface area (Å²) in [5.74, 6) is 0.269. The number of aliphatic hydroxyl groups excluding tert-OH is 1. The van der Waals surface area contributed by atoms with Crippen LogP contribution in [0.1, 0.15) is 12.5 Å². The van der Waals surface area contributed by atoms with E-state index in [0.717, 1.165) is 0 Å². The molecular weight excluding hydrogens is 268 g/mol. The molecule has 8 heteroatoms. The summed E-state index contributed by atoms with van der Waals surface area (Å²) < 4.78 is 26.5. The molecule has 1 fully saturated rings. The van der Waals surface area contributed by atoms with Gasteiger partial charge in [0, 0.05) is 24.7 Å². The molecule has 0 aromatic carbocycles. The topological polar surface area (TPSA) is 89.5 Å². The number of rotatable bonds is 4. The van der Waals surface area contributed by atoms with Crippen molar-refractivity contribution in [1.29, 1.82) is 0 Å². The van der Waals surface area contributed by atoms with Crippen molar-refractivity contribution in [1.82, 2.24) is 19.4 Å². The van der Waals surface area contributed by atoms with Gasteiger partial charge < -0.3 is 10.0 Å². The van der Waals surface area contributed by atoms with Crippen molar-refractivity contribution in [2.45, 2.75) is 24.6 Å². The molecule has 0 bridgehead atoms. The number of hydrogen-bond donors (Lipinski definition) is 2. The Balaban J connectivity index is 2.27. The molecule has 1 aliphatic rings. The smallest absolute Gasteiger partial charge is 0.260 e. The van der Waals surface area contributed by atoms with Crippen LogP contribution in [0.3, 0.4) is 0 Å². The number of likely N-dealkylation sites (N-methyl/N-ethyl adjacent to an activating group) is 1. The van der Waals surface area contributed by atoms with E-state index in [9.17, 15) is 8.42 Å². The summed E-state index contributed by atoms with van der Waals surface area (Å²) >= 11 is 0. The van der Waals surface area contributed by atoms with Gasteiger partial charge in [0.1, 0.15) is 0 Å². The molecule has 1 aromatic rings. The third-order valence-corrected chi connectivity index (χ3v) is 5.50. The molecule has 1 aromatic heterocycles. The molecule has 0 aliphatic carbocycles. The molecule has 1 saturated heterocycles. The third kappa shape index (κ3) is 2.53. The van der Waals surface area contributed by atoms with Crippen molar-refractivity contribution < 1.29 is 13.5 Å². The summed E-state index contributed by atoms with van der Waals surface area (Å²) in [6.45, 7) is 2.64. The Morgan fingerprint density at radius 1 is 1.53 bits per heavy atom. The molecule has 2 rings (SSSR count). The summed E-state index contributed by atoms with van der Waals surface area (Å²) in [4.78, 5) is 2.04. The predicted molar refractivity (Wildman–Crippen MR) is 69.9 cm³/mol. The van der Waals surface area contributed by atoms with Crippen molar-refractivity contribution in [3.05, 3.63) is 11.8 Å². The van der Waals surface area contributed by atoms with E-state index in [1.165, 1.54) is 10.5 Å². The average Bonchev–Trinajstić information content (AvgIpc) is 2.94. The van der Waals surface area contributed by atoms with Crippen LogP contribution >= 0.6 is 0 Å². The lowest BCUT2D eigenvalue weighted by Gasteiger charge is -2.22. The fourth-order valence-corrected chi connectivity index (χ4v) is 4.19. The molecule has 7 nitrogen and oxygen atoms in total. The molecule has 0 radical (unpaired) electrons. The number of H-pyrrole nitrogens is 1. The Hall–Kier alpha value is -0.960. The van der Waals surface area contributed by atoms with Gasteiger partial charge in [-0.15, -0.1) is 0 Å². The normalized spacial score (nSPS) is 25.3. The second kappa shape index (κ2) is 5.20. The van der Waals surface area contributed by atoms with Gasteiger partial charge in [0.15, 0.2) is 5.03 Å². The van der Waals surface area contributed by atoms with Gasteiger partial charge in [0.2, 0.25) is 0 Å². The van der Waals surface area contributed by atoms with Gasteiger partial charge in [-0.3, -0.25) is 5.10 Å². The summed E-state index contributed by atoms with van der Waals surface area (Å²) in [5, 5.41) is 15.3. The zero-order chi connectivity index (χ0) is 14.2.